The summed E-state index contributed by atoms with van der Waals surface area (Å²) in [5.74, 6) is 0. The first-order valence-corrected chi connectivity index (χ1v) is 7.16. The Bertz CT molecular complexity index is 439. The second-order valence-electron chi connectivity index (χ2n) is 5.13. The molecule has 19 heavy (non-hydrogen) atoms. The lowest BCUT2D eigenvalue weighted by Gasteiger charge is -2.29. The van der Waals surface area contributed by atoms with E-state index in [4.69, 9.17) is 5.26 Å². The van der Waals surface area contributed by atoms with Crippen molar-refractivity contribution in [3.63, 3.8) is 0 Å². The first kappa shape index (κ1) is 14.0. The Morgan fingerprint density at radius 3 is 2.89 bits per heavy atom. The molecule has 3 heteroatoms. The lowest BCUT2D eigenvalue weighted by atomic mass is 10.1. The van der Waals surface area contributed by atoms with E-state index in [1.54, 1.807) is 0 Å². The van der Waals surface area contributed by atoms with Crippen molar-refractivity contribution >= 4 is 0 Å². The standard InChI is InChI=1S/C16H22N2O/c17-10-4-1-5-11-18(12-13-19)16-9-8-14-6-2-3-7-15(14)16/h2-3,6-7,16,19H,1,4-5,8-9,11-13H2. The SMILES string of the molecule is N#CCCCCN(CCO)C1CCc2ccccc21. The van der Waals surface area contributed by atoms with Gasteiger partial charge in [0, 0.05) is 19.0 Å². The average Bonchev–Trinajstić information content (AvgIpc) is 2.86. The van der Waals surface area contributed by atoms with Gasteiger partial charge in [0.15, 0.2) is 0 Å². The molecule has 0 bridgehead atoms. The molecule has 0 saturated heterocycles. The molecule has 1 aliphatic carbocycles. The Hall–Kier alpha value is -1.37. The third kappa shape index (κ3) is 3.56. The smallest absolute Gasteiger partial charge is 0.0621 e. The van der Waals surface area contributed by atoms with Crippen molar-refractivity contribution in [2.24, 2.45) is 0 Å². The molecule has 0 saturated carbocycles. The van der Waals surface area contributed by atoms with Crippen LogP contribution in [0.15, 0.2) is 24.3 Å². The third-order valence-corrected chi connectivity index (χ3v) is 3.91. The second kappa shape index (κ2) is 7.28. The first-order valence-electron chi connectivity index (χ1n) is 7.16. The van der Waals surface area contributed by atoms with E-state index < -0.39 is 0 Å². The average molecular weight is 258 g/mol. The van der Waals surface area contributed by atoms with Crippen LogP contribution in [0, 0.1) is 11.3 Å². The summed E-state index contributed by atoms with van der Waals surface area (Å²) in [6, 6.07) is 11.3. The van der Waals surface area contributed by atoms with Crippen LogP contribution in [0.1, 0.15) is 42.9 Å². The van der Waals surface area contributed by atoms with Gasteiger partial charge in [-0.05, 0) is 43.4 Å². The zero-order valence-corrected chi connectivity index (χ0v) is 11.4. The van der Waals surface area contributed by atoms with Crippen LogP contribution in [-0.2, 0) is 6.42 Å². The minimum Gasteiger partial charge on any atom is -0.395 e. The highest BCUT2D eigenvalue weighted by Gasteiger charge is 2.26. The summed E-state index contributed by atoms with van der Waals surface area (Å²) in [5, 5.41) is 17.8. The Morgan fingerprint density at radius 1 is 1.26 bits per heavy atom. The highest BCUT2D eigenvalue weighted by Crippen LogP contribution is 2.35. The fourth-order valence-corrected chi connectivity index (χ4v) is 2.98. The fraction of sp³-hybridized carbons (Fsp3) is 0.562. The number of rotatable bonds is 7. The number of hydrogen-bond acceptors (Lipinski definition) is 3. The molecule has 0 aromatic heterocycles. The largest absolute Gasteiger partial charge is 0.395 e. The van der Waals surface area contributed by atoms with Crippen molar-refractivity contribution in [3.8, 4) is 6.07 Å². The van der Waals surface area contributed by atoms with Crippen LogP contribution in [0.5, 0.6) is 0 Å². The van der Waals surface area contributed by atoms with Crippen molar-refractivity contribution in [1.29, 1.82) is 5.26 Å². The van der Waals surface area contributed by atoms with Crippen LogP contribution >= 0.6 is 0 Å². The second-order valence-corrected chi connectivity index (χ2v) is 5.13. The van der Waals surface area contributed by atoms with Crippen LogP contribution in [0.3, 0.4) is 0 Å². The van der Waals surface area contributed by atoms with Gasteiger partial charge in [-0.3, -0.25) is 4.90 Å². The number of aliphatic hydroxyl groups excluding tert-OH is 1. The Kier molecular flexibility index (Phi) is 5.38. The monoisotopic (exact) mass is 258 g/mol. The molecule has 0 fully saturated rings. The normalized spacial score (nSPS) is 17.4. The zero-order chi connectivity index (χ0) is 13.5. The number of unbranched alkanes of at least 4 members (excludes halogenated alkanes) is 2. The molecule has 102 valence electrons. The van der Waals surface area contributed by atoms with Gasteiger partial charge in [0.25, 0.3) is 0 Å². The predicted octanol–water partition coefficient (Wildman–Crippen LogP) is 2.66. The maximum Gasteiger partial charge on any atom is 0.0621 e. The Morgan fingerprint density at radius 2 is 2.11 bits per heavy atom. The predicted molar refractivity (Wildman–Crippen MR) is 75.6 cm³/mol. The Balaban J connectivity index is 1.98. The van der Waals surface area contributed by atoms with Gasteiger partial charge in [-0.1, -0.05) is 24.3 Å². The van der Waals surface area contributed by atoms with E-state index in [2.05, 4.69) is 35.2 Å². The van der Waals surface area contributed by atoms with E-state index in [0.717, 1.165) is 38.8 Å². The summed E-state index contributed by atoms with van der Waals surface area (Å²) in [6.07, 6.45) is 4.91. The van der Waals surface area contributed by atoms with Gasteiger partial charge in [-0.15, -0.1) is 0 Å². The third-order valence-electron chi connectivity index (χ3n) is 3.91. The summed E-state index contributed by atoms with van der Waals surface area (Å²) in [6.45, 7) is 1.91. The number of hydrogen-bond donors (Lipinski definition) is 1. The van der Waals surface area contributed by atoms with Gasteiger partial charge in [0.1, 0.15) is 0 Å². The van der Waals surface area contributed by atoms with Crippen molar-refractivity contribution in [2.75, 3.05) is 19.7 Å². The summed E-state index contributed by atoms with van der Waals surface area (Å²) in [5.41, 5.74) is 2.88. The van der Waals surface area contributed by atoms with Gasteiger partial charge in [-0.25, -0.2) is 0 Å². The molecule has 1 atom stereocenters. The molecule has 0 spiro atoms. The number of nitriles is 1. The van der Waals surface area contributed by atoms with Crippen molar-refractivity contribution in [3.05, 3.63) is 35.4 Å². The summed E-state index contributed by atoms with van der Waals surface area (Å²) >= 11 is 0. The van der Waals surface area contributed by atoms with Gasteiger partial charge >= 0.3 is 0 Å². The number of nitrogens with zero attached hydrogens (tertiary/aromatic N) is 2. The summed E-state index contributed by atoms with van der Waals surface area (Å²) < 4.78 is 0. The van der Waals surface area contributed by atoms with Crippen LogP contribution in [0.25, 0.3) is 0 Å². The lowest BCUT2D eigenvalue weighted by molar-refractivity contribution is 0.147. The molecular formula is C16H22N2O. The molecule has 0 heterocycles. The van der Waals surface area contributed by atoms with Gasteiger partial charge in [-0.2, -0.15) is 5.26 Å². The van der Waals surface area contributed by atoms with Crippen LogP contribution in [0.4, 0.5) is 0 Å². The highest BCUT2D eigenvalue weighted by molar-refractivity contribution is 5.34. The molecular weight excluding hydrogens is 236 g/mol. The molecule has 0 amide bonds. The molecule has 1 aromatic rings. The topological polar surface area (TPSA) is 47.3 Å². The number of benzene rings is 1. The highest BCUT2D eigenvalue weighted by atomic mass is 16.3. The Labute approximate surface area is 115 Å². The van der Waals surface area contributed by atoms with E-state index in [9.17, 15) is 5.11 Å². The lowest BCUT2D eigenvalue weighted by Crippen LogP contribution is -2.31. The van der Waals surface area contributed by atoms with Gasteiger partial charge < -0.3 is 5.11 Å². The van der Waals surface area contributed by atoms with Crippen molar-refractivity contribution in [2.45, 2.75) is 38.1 Å². The van der Waals surface area contributed by atoms with Crippen molar-refractivity contribution < 1.29 is 5.11 Å². The molecule has 1 aliphatic rings. The van der Waals surface area contributed by atoms with Gasteiger partial charge in [0.2, 0.25) is 0 Å². The van der Waals surface area contributed by atoms with Crippen molar-refractivity contribution in [1.82, 2.24) is 4.90 Å². The maximum absolute atomic E-state index is 9.25. The number of fused-ring (bicyclic) bond motifs is 1. The van der Waals surface area contributed by atoms with Gasteiger partial charge in [0.05, 0.1) is 12.7 Å². The van der Waals surface area contributed by atoms with Crippen LogP contribution in [0.2, 0.25) is 0 Å². The molecule has 3 nitrogen and oxygen atoms in total. The van der Waals surface area contributed by atoms with E-state index >= 15 is 0 Å². The van der Waals surface area contributed by atoms with E-state index in [-0.39, 0.29) is 6.61 Å². The molecule has 1 aromatic carbocycles. The fourth-order valence-electron chi connectivity index (χ4n) is 2.98. The molecule has 0 radical (unpaired) electrons. The zero-order valence-electron chi connectivity index (χ0n) is 11.4. The quantitative estimate of drug-likeness (QED) is 0.765. The van der Waals surface area contributed by atoms with E-state index in [0.29, 0.717) is 12.5 Å². The van der Waals surface area contributed by atoms with Crippen LogP contribution in [-0.4, -0.2) is 29.7 Å². The molecule has 2 rings (SSSR count). The number of aryl methyl sites for hydroxylation is 1. The molecule has 1 N–H and O–H groups in total. The minimum absolute atomic E-state index is 0.205. The summed E-state index contributed by atoms with van der Waals surface area (Å²) in [4.78, 5) is 2.38. The minimum atomic E-state index is 0.205. The maximum atomic E-state index is 9.25. The number of aliphatic hydroxyl groups is 1. The molecule has 1 unspecified atom stereocenters. The van der Waals surface area contributed by atoms with E-state index in [1.807, 2.05) is 0 Å². The summed E-state index contributed by atoms with van der Waals surface area (Å²) in [7, 11) is 0. The van der Waals surface area contributed by atoms with Crippen LogP contribution < -0.4 is 0 Å². The first-order chi connectivity index (χ1) is 9.36. The van der Waals surface area contributed by atoms with E-state index in [1.165, 1.54) is 11.1 Å². The molecule has 0 aliphatic heterocycles.